The molecule has 3 rings (SSSR count). The summed E-state index contributed by atoms with van der Waals surface area (Å²) >= 11 is 0. The summed E-state index contributed by atoms with van der Waals surface area (Å²) in [5.74, 6) is -0.604. The summed E-state index contributed by atoms with van der Waals surface area (Å²) in [6.07, 6.45) is 0. The van der Waals surface area contributed by atoms with Gasteiger partial charge in [-0.25, -0.2) is 4.39 Å². The summed E-state index contributed by atoms with van der Waals surface area (Å²) in [5.41, 5.74) is 0.476. The van der Waals surface area contributed by atoms with Gasteiger partial charge in [0.15, 0.2) is 5.76 Å². The lowest BCUT2D eigenvalue weighted by Gasteiger charge is -2.04. The largest absolute Gasteiger partial charge is 0.451 e. The van der Waals surface area contributed by atoms with E-state index in [2.05, 4.69) is 5.32 Å². The van der Waals surface area contributed by atoms with Gasteiger partial charge in [0.2, 0.25) is 0 Å². The molecular weight excluding hydrogens is 315 g/mol. The third kappa shape index (κ3) is 3.14. The van der Waals surface area contributed by atoms with Gasteiger partial charge in [0.1, 0.15) is 17.3 Å². The highest BCUT2D eigenvalue weighted by Gasteiger charge is 2.18. The van der Waals surface area contributed by atoms with Crippen LogP contribution in [0.3, 0.4) is 0 Å². The van der Waals surface area contributed by atoms with E-state index in [0.29, 0.717) is 11.3 Å². The minimum atomic E-state index is -0.613. The Kier molecular flexibility index (Phi) is 4.07. The van der Waals surface area contributed by atoms with Crippen molar-refractivity contribution in [1.82, 2.24) is 0 Å². The Bertz CT molecular complexity index is 903. The first-order valence-corrected chi connectivity index (χ1v) is 6.95. The van der Waals surface area contributed by atoms with Crippen molar-refractivity contribution in [2.24, 2.45) is 0 Å². The summed E-state index contributed by atoms with van der Waals surface area (Å²) in [6.45, 7) is 0. The van der Waals surface area contributed by atoms with Crippen LogP contribution in [0.4, 0.5) is 15.8 Å². The van der Waals surface area contributed by atoms with Gasteiger partial charge in [-0.3, -0.25) is 14.9 Å². The van der Waals surface area contributed by atoms with Crippen LogP contribution in [0.5, 0.6) is 0 Å². The number of anilines is 1. The molecular formula is C17H11FN2O4. The molecule has 3 aromatic rings. The Balaban J connectivity index is 1.82. The van der Waals surface area contributed by atoms with E-state index < -0.39 is 10.8 Å². The fraction of sp³-hybridized carbons (Fsp3) is 0. The number of halogens is 1. The van der Waals surface area contributed by atoms with Crippen molar-refractivity contribution in [3.63, 3.8) is 0 Å². The second kappa shape index (κ2) is 6.33. The standard InChI is InChI=1S/C17H11FN2O4/c18-12-7-5-11(6-8-12)15-9-10-16(24-15)17(21)19-13-3-1-2-4-14(13)20(22)23/h1-10H,(H,19,21). The fourth-order valence-corrected chi connectivity index (χ4v) is 2.15. The average Bonchev–Trinajstić information content (AvgIpc) is 3.06. The van der Waals surface area contributed by atoms with Gasteiger partial charge >= 0.3 is 0 Å². The van der Waals surface area contributed by atoms with E-state index in [1.807, 2.05) is 0 Å². The first-order valence-electron chi connectivity index (χ1n) is 6.95. The number of nitro groups is 1. The predicted octanol–water partition coefficient (Wildman–Crippen LogP) is 4.25. The van der Waals surface area contributed by atoms with Crippen LogP contribution < -0.4 is 5.32 Å². The molecule has 120 valence electrons. The lowest BCUT2D eigenvalue weighted by molar-refractivity contribution is -0.383. The third-order valence-corrected chi connectivity index (χ3v) is 3.31. The van der Waals surface area contributed by atoms with Crippen LogP contribution in [0.15, 0.2) is 65.1 Å². The number of nitrogens with one attached hydrogen (secondary N) is 1. The molecule has 24 heavy (non-hydrogen) atoms. The maximum Gasteiger partial charge on any atom is 0.292 e. The van der Waals surface area contributed by atoms with Gasteiger partial charge in [0.25, 0.3) is 11.6 Å². The maximum absolute atomic E-state index is 12.9. The number of carbonyl (C=O) groups excluding carboxylic acids is 1. The SMILES string of the molecule is O=C(Nc1ccccc1[N+](=O)[O-])c1ccc(-c2ccc(F)cc2)o1. The van der Waals surface area contributed by atoms with E-state index in [4.69, 9.17) is 4.42 Å². The number of para-hydroxylation sites is 2. The molecule has 0 aliphatic rings. The lowest BCUT2D eigenvalue weighted by atomic mass is 10.2. The van der Waals surface area contributed by atoms with E-state index in [-0.39, 0.29) is 23.0 Å². The van der Waals surface area contributed by atoms with Crippen LogP contribution in [0.25, 0.3) is 11.3 Å². The third-order valence-electron chi connectivity index (χ3n) is 3.31. The minimum absolute atomic E-state index is 0.00697. The molecule has 0 saturated heterocycles. The molecule has 0 spiro atoms. The molecule has 7 heteroatoms. The first-order chi connectivity index (χ1) is 11.5. The molecule has 0 unspecified atom stereocenters. The minimum Gasteiger partial charge on any atom is -0.451 e. The van der Waals surface area contributed by atoms with Crippen molar-refractivity contribution in [3.8, 4) is 11.3 Å². The maximum atomic E-state index is 12.9. The molecule has 2 aromatic carbocycles. The molecule has 1 amide bonds. The van der Waals surface area contributed by atoms with Crippen LogP contribution in [0.2, 0.25) is 0 Å². The molecule has 0 saturated carbocycles. The number of furan rings is 1. The number of rotatable bonds is 4. The summed E-state index contributed by atoms with van der Waals surface area (Å²) in [4.78, 5) is 22.6. The molecule has 1 aromatic heterocycles. The monoisotopic (exact) mass is 326 g/mol. The number of amides is 1. The molecule has 0 atom stereocenters. The van der Waals surface area contributed by atoms with Crippen LogP contribution in [0.1, 0.15) is 10.6 Å². The van der Waals surface area contributed by atoms with Gasteiger partial charge in [-0.05, 0) is 42.5 Å². The average molecular weight is 326 g/mol. The molecule has 0 radical (unpaired) electrons. The zero-order valence-corrected chi connectivity index (χ0v) is 12.2. The van der Waals surface area contributed by atoms with Gasteiger partial charge in [-0.2, -0.15) is 0 Å². The van der Waals surface area contributed by atoms with Crippen molar-refractivity contribution >= 4 is 17.3 Å². The van der Waals surface area contributed by atoms with Crippen LogP contribution in [-0.2, 0) is 0 Å². The molecule has 6 nitrogen and oxygen atoms in total. The number of hydrogen-bond donors (Lipinski definition) is 1. The normalized spacial score (nSPS) is 10.4. The van der Waals surface area contributed by atoms with Gasteiger partial charge in [-0.15, -0.1) is 0 Å². The topological polar surface area (TPSA) is 85.4 Å². The van der Waals surface area contributed by atoms with Crippen LogP contribution >= 0.6 is 0 Å². The van der Waals surface area contributed by atoms with Crippen molar-refractivity contribution in [1.29, 1.82) is 0 Å². The number of benzene rings is 2. The Morgan fingerprint density at radius 2 is 1.75 bits per heavy atom. The Labute approximate surface area is 135 Å². The summed E-state index contributed by atoms with van der Waals surface area (Å²) < 4.78 is 18.4. The summed E-state index contributed by atoms with van der Waals surface area (Å²) in [6, 6.07) is 14.4. The van der Waals surface area contributed by atoms with E-state index in [1.165, 1.54) is 48.5 Å². The Morgan fingerprint density at radius 3 is 2.46 bits per heavy atom. The van der Waals surface area contributed by atoms with Gasteiger partial charge < -0.3 is 9.73 Å². The van der Waals surface area contributed by atoms with Gasteiger partial charge in [0.05, 0.1) is 4.92 Å². The number of nitro benzene ring substituents is 1. The second-order valence-corrected chi connectivity index (χ2v) is 4.90. The van der Waals surface area contributed by atoms with Crippen LogP contribution in [0, 0.1) is 15.9 Å². The highest BCUT2D eigenvalue weighted by molar-refractivity contribution is 6.03. The fourth-order valence-electron chi connectivity index (χ4n) is 2.15. The zero-order chi connectivity index (χ0) is 17.1. The van der Waals surface area contributed by atoms with Crippen molar-refractivity contribution in [2.75, 3.05) is 5.32 Å². The van der Waals surface area contributed by atoms with Crippen LogP contribution in [-0.4, -0.2) is 10.8 Å². The smallest absolute Gasteiger partial charge is 0.292 e. The molecule has 0 bridgehead atoms. The highest BCUT2D eigenvalue weighted by Crippen LogP contribution is 2.26. The van der Waals surface area contributed by atoms with E-state index in [9.17, 15) is 19.3 Å². The van der Waals surface area contributed by atoms with E-state index in [0.717, 1.165) is 0 Å². The quantitative estimate of drug-likeness (QED) is 0.574. The second-order valence-electron chi connectivity index (χ2n) is 4.90. The molecule has 0 fully saturated rings. The zero-order valence-electron chi connectivity index (χ0n) is 12.2. The van der Waals surface area contributed by atoms with Crippen molar-refractivity contribution < 1.29 is 18.5 Å². The Hall–Kier alpha value is -3.48. The molecule has 1 N–H and O–H groups in total. The van der Waals surface area contributed by atoms with Crippen molar-refractivity contribution in [3.05, 3.63) is 82.4 Å². The predicted molar refractivity (Wildman–Crippen MR) is 85.2 cm³/mol. The first kappa shape index (κ1) is 15.4. The van der Waals surface area contributed by atoms with Gasteiger partial charge in [0, 0.05) is 11.6 Å². The van der Waals surface area contributed by atoms with Gasteiger partial charge in [-0.1, -0.05) is 12.1 Å². The van der Waals surface area contributed by atoms with E-state index in [1.54, 1.807) is 12.1 Å². The number of nitrogens with zero attached hydrogens (tertiary/aromatic N) is 1. The molecule has 0 aliphatic carbocycles. The molecule has 0 aliphatic heterocycles. The summed E-state index contributed by atoms with van der Waals surface area (Å²) in [7, 11) is 0. The highest BCUT2D eigenvalue weighted by atomic mass is 19.1. The van der Waals surface area contributed by atoms with E-state index >= 15 is 0 Å². The number of carbonyl (C=O) groups is 1. The molecule has 1 heterocycles. The lowest BCUT2D eigenvalue weighted by Crippen LogP contribution is -2.12. The summed E-state index contributed by atoms with van der Waals surface area (Å²) in [5, 5.41) is 13.4. The van der Waals surface area contributed by atoms with Crippen molar-refractivity contribution in [2.45, 2.75) is 0 Å². The Morgan fingerprint density at radius 1 is 1.04 bits per heavy atom. The number of hydrogen-bond acceptors (Lipinski definition) is 4.